The maximum atomic E-state index is 8.94. The number of halogens is 1. The second-order valence-corrected chi connectivity index (χ2v) is 4.14. The number of aliphatic hydroxyl groups excluding tert-OH is 1. The van der Waals surface area contributed by atoms with Crippen molar-refractivity contribution in [2.24, 2.45) is 0 Å². The van der Waals surface area contributed by atoms with Crippen LogP contribution in [0.3, 0.4) is 0 Å². The number of hydrogen-bond donors (Lipinski definition) is 1. The summed E-state index contributed by atoms with van der Waals surface area (Å²) in [7, 11) is 0. The van der Waals surface area contributed by atoms with Gasteiger partial charge in [0.25, 0.3) is 0 Å². The molecule has 0 spiro atoms. The van der Waals surface area contributed by atoms with Gasteiger partial charge < -0.3 is 5.11 Å². The van der Waals surface area contributed by atoms with Gasteiger partial charge in [0.05, 0.1) is 16.9 Å². The Morgan fingerprint density at radius 1 is 1.58 bits per heavy atom. The minimum atomic E-state index is -0.126. The molecule has 0 bridgehead atoms. The third-order valence-electron chi connectivity index (χ3n) is 1.64. The van der Waals surface area contributed by atoms with Crippen LogP contribution in [0.25, 0.3) is 0 Å². The Hall–Kier alpha value is -0.540. The number of rotatable bonds is 1. The van der Waals surface area contributed by atoms with Crippen molar-refractivity contribution in [3.63, 3.8) is 0 Å². The van der Waals surface area contributed by atoms with Crippen molar-refractivity contribution in [2.75, 3.05) is 0 Å². The van der Waals surface area contributed by atoms with Gasteiger partial charge in [0, 0.05) is 5.41 Å². The second kappa shape index (κ2) is 3.07. The van der Waals surface area contributed by atoms with E-state index in [1.165, 1.54) is 4.68 Å². The molecule has 12 heavy (non-hydrogen) atoms. The number of aromatic nitrogens is 2. The van der Waals surface area contributed by atoms with E-state index in [0.29, 0.717) is 5.02 Å². The standard InChI is InChI=1S/C8H13ClN2O/c1-8(2,3)7-6(9)4-10-11(7)5-12/h4,12H,5H2,1-3H3. The van der Waals surface area contributed by atoms with Crippen LogP contribution in [0.15, 0.2) is 6.20 Å². The van der Waals surface area contributed by atoms with Crippen molar-refractivity contribution >= 4 is 11.6 Å². The van der Waals surface area contributed by atoms with Gasteiger partial charge in [0.1, 0.15) is 6.73 Å². The Kier molecular flexibility index (Phi) is 2.44. The van der Waals surface area contributed by atoms with Gasteiger partial charge in [-0.15, -0.1) is 0 Å². The van der Waals surface area contributed by atoms with E-state index in [0.717, 1.165) is 5.69 Å². The normalized spacial score (nSPS) is 12.1. The van der Waals surface area contributed by atoms with Gasteiger partial charge >= 0.3 is 0 Å². The Morgan fingerprint density at radius 3 is 2.50 bits per heavy atom. The summed E-state index contributed by atoms with van der Waals surface area (Å²) in [6, 6.07) is 0. The quantitative estimate of drug-likeness (QED) is 0.730. The molecule has 68 valence electrons. The van der Waals surface area contributed by atoms with E-state index < -0.39 is 0 Å². The molecule has 0 saturated heterocycles. The zero-order valence-electron chi connectivity index (χ0n) is 7.50. The van der Waals surface area contributed by atoms with Crippen molar-refractivity contribution in [1.29, 1.82) is 0 Å². The Balaban J connectivity index is 3.19. The molecule has 1 aromatic rings. The first-order chi connectivity index (χ1) is 5.46. The average Bonchev–Trinajstić information content (AvgIpc) is 2.29. The van der Waals surface area contributed by atoms with Gasteiger partial charge in [0.15, 0.2) is 0 Å². The lowest BCUT2D eigenvalue weighted by Gasteiger charge is -2.19. The maximum Gasteiger partial charge on any atom is 0.136 e. The molecule has 0 atom stereocenters. The first-order valence-electron chi connectivity index (χ1n) is 3.79. The molecule has 0 unspecified atom stereocenters. The number of nitrogens with zero attached hydrogens (tertiary/aromatic N) is 2. The summed E-state index contributed by atoms with van der Waals surface area (Å²) in [6.45, 7) is 5.96. The minimum Gasteiger partial charge on any atom is -0.374 e. The van der Waals surface area contributed by atoms with Crippen molar-refractivity contribution in [2.45, 2.75) is 32.9 Å². The van der Waals surface area contributed by atoms with Crippen LogP contribution in [0, 0.1) is 0 Å². The maximum absolute atomic E-state index is 8.94. The fourth-order valence-electron chi connectivity index (χ4n) is 1.22. The first kappa shape index (κ1) is 9.55. The molecule has 3 nitrogen and oxygen atoms in total. The van der Waals surface area contributed by atoms with E-state index in [-0.39, 0.29) is 12.1 Å². The van der Waals surface area contributed by atoms with E-state index in [1.54, 1.807) is 6.20 Å². The number of hydrogen-bond acceptors (Lipinski definition) is 2. The molecule has 1 rings (SSSR count). The summed E-state index contributed by atoms with van der Waals surface area (Å²) in [4.78, 5) is 0. The Labute approximate surface area is 77.0 Å². The van der Waals surface area contributed by atoms with E-state index in [9.17, 15) is 0 Å². The molecule has 1 N–H and O–H groups in total. The third-order valence-corrected chi connectivity index (χ3v) is 1.92. The van der Waals surface area contributed by atoms with Gasteiger partial charge in [-0.3, -0.25) is 0 Å². The predicted octanol–water partition coefficient (Wildman–Crippen LogP) is 1.78. The molecule has 4 heteroatoms. The van der Waals surface area contributed by atoms with Crippen molar-refractivity contribution in [1.82, 2.24) is 9.78 Å². The summed E-state index contributed by atoms with van der Waals surface area (Å²) in [5.74, 6) is 0. The molecule has 0 aromatic carbocycles. The monoisotopic (exact) mass is 188 g/mol. The van der Waals surface area contributed by atoms with E-state index in [1.807, 2.05) is 20.8 Å². The third kappa shape index (κ3) is 1.62. The number of aliphatic hydroxyl groups is 1. The topological polar surface area (TPSA) is 38.0 Å². The minimum absolute atomic E-state index is 0.0870. The first-order valence-corrected chi connectivity index (χ1v) is 4.17. The highest BCUT2D eigenvalue weighted by atomic mass is 35.5. The zero-order valence-corrected chi connectivity index (χ0v) is 8.26. The highest BCUT2D eigenvalue weighted by Gasteiger charge is 2.22. The molecule has 1 aromatic heterocycles. The lowest BCUT2D eigenvalue weighted by molar-refractivity contribution is 0.186. The lowest BCUT2D eigenvalue weighted by Crippen LogP contribution is -2.18. The van der Waals surface area contributed by atoms with E-state index in [4.69, 9.17) is 16.7 Å². The fourth-order valence-corrected chi connectivity index (χ4v) is 1.64. The van der Waals surface area contributed by atoms with Gasteiger partial charge in [-0.05, 0) is 0 Å². The second-order valence-electron chi connectivity index (χ2n) is 3.73. The van der Waals surface area contributed by atoms with Crippen LogP contribution in [0.2, 0.25) is 5.02 Å². The van der Waals surface area contributed by atoms with Crippen LogP contribution in [-0.2, 0) is 12.1 Å². The Bertz CT molecular complexity index is 275. The van der Waals surface area contributed by atoms with Crippen LogP contribution in [0.1, 0.15) is 26.5 Å². The molecule has 0 aliphatic heterocycles. The van der Waals surface area contributed by atoms with Gasteiger partial charge in [-0.1, -0.05) is 32.4 Å². The lowest BCUT2D eigenvalue weighted by atomic mass is 9.92. The van der Waals surface area contributed by atoms with Crippen LogP contribution < -0.4 is 0 Å². The van der Waals surface area contributed by atoms with E-state index >= 15 is 0 Å². The van der Waals surface area contributed by atoms with Crippen molar-refractivity contribution in [3.05, 3.63) is 16.9 Å². The highest BCUT2D eigenvalue weighted by Crippen LogP contribution is 2.28. The Morgan fingerprint density at radius 2 is 2.17 bits per heavy atom. The highest BCUT2D eigenvalue weighted by molar-refractivity contribution is 6.31. The molecule has 0 fully saturated rings. The fraction of sp³-hybridized carbons (Fsp3) is 0.625. The molecular weight excluding hydrogens is 176 g/mol. The molecule has 0 saturated carbocycles. The van der Waals surface area contributed by atoms with E-state index in [2.05, 4.69) is 5.10 Å². The molecule has 0 radical (unpaired) electrons. The SMILES string of the molecule is CC(C)(C)c1c(Cl)cnn1CO. The smallest absolute Gasteiger partial charge is 0.136 e. The molecule has 0 aliphatic rings. The largest absolute Gasteiger partial charge is 0.374 e. The summed E-state index contributed by atoms with van der Waals surface area (Å²) < 4.78 is 1.50. The zero-order chi connectivity index (χ0) is 9.35. The predicted molar refractivity (Wildman–Crippen MR) is 48.2 cm³/mol. The summed E-state index contributed by atoms with van der Waals surface area (Å²) in [6.07, 6.45) is 1.55. The van der Waals surface area contributed by atoms with Crippen LogP contribution in [0.5, 0.6) is 0 Å². The van der Waals surface area contributed by atoms with Crippen molar-refractivity contribution in [3.8, 4) is 0 Å². The molecule has 0 amide bonds. The van der Waals surface area contributed by atoms with Gasteiger partial charge in [-0.2, -0.15) is 5.10 Å². The molecular formula is C8H13ClN2O. The summed E-state index contributed by atoms with van der Waals surface area (Å²) in [5, 5.41) is 13.5. The van der Waals surface area contributed by atoms with Gasteiger partial charge in [0.2, 0.25) is 0 Å². The summed E-state index contributed by atoms with van der Waals surface area (Å²) >= 11 is 5.91. The molecule has 1 heterocycles. The van der Waals surface area contributed by atoms with Gasteiger partial charge in [-0.25, -0.2) is 4.68 Å². The average molecular weight is 189 g/mol. The van der Waals surface area contributed by atoms with Crippen molar-refractivity contribution < 1.29 is 5.11 Å². The van der Waals surface area contributed by atoms with Crippen LogP contribution >= 0.6 is 11.6 Å². The van der Waals surface area contributed by atoms with Crippen LogP contribution in [-0.4, -0.2) is 14.9 Å². The molecule has 0 aliphatic carbocycles. The summed E-state index contributed by atoms with van der Waals surface area (Å²) in [5.41, 5.74) is 0.780. The van der Waals surface area contributed by atoms with Crippen LogP contribution in [0.4, 0.5) is 0 Å².